The van der Waals surface area contributed by atoms with Gasteiger partial charge in [0.15, 0.2) is 5.75 Å². The van der Waals surface area contributed by atoms with Gasteiger partial charge in [-0.3, -0.25) is 9.59 Å². The van der Waals surface area contributed by atoms with Crippen LogP contribution >= 0.6 is 0 Å². The van der Waals surface area contributed by atoms with E-state index >= 15 is 0 Å². The molecule has 0 radical (unpaired) electrons. The van der Waals surface area contributed by atoms with Crippen molar-refractivity contribution in [1.82, 2.24) is 14.1 Å². The summed E-state index contributed by atoms with van der Waals surface area (Å²) in [6.45, 7) is 0. The van der Waals surface area contributed by atoms with E-state index in [4.69, 9.17) is 4.74 Å². The number of aromatic amines is 1. The van der Waals surface area contributed by atoms with Crippen molar-refractivity contribution >= 4 is 10.9 Å². The first kappa shape index (κ1) is 16.0. The second-order valence-electron chi connectivity index (χ2n) is 6.11. The van der Waals surface area contributed by atoms with Crippen LogP contribution in [0.25, 0.3) is 22.0 Å². The van der Waals surface area contributed by atoms with Crippen LogP contribution < -0.4 is 15.9 Å². The summed E-state index contributed by atoms with van der Waals surface area (Å²) in [5, 5.41) is 0.749. The lowest BCUT2D eigenvalue weighted by Crippen LogP contribution is -2.19. The number of hydrogen-bond acceptors (Lipinski definition) is 3. The quantitative estimate of drug-likeness (QED) is 0.619. The van der Waals surface area contributed by atoms with Crippen LogP contribution in [-0.2, 0) is 14.1 Å². The van der Waals surface area contributed by atoms with Gasteiger partial charge in [0.05, 0.1) is 0 Å². The number of para-hydroxylation sites is 1. The van der Waals surface area contributed by atoms with Crippen molar-refractivity contribution in [3.05, 3.63) is 81.8 Å². The number of benzene rings is 1. The number of ether oxygens (including phenoxy) is 1. The third-order valence-corrected chi connectivity index (χ3v) is 4.37. The van der Waals surface area contributed by atoms with Gasteiger partial charge in [-0.1, -0.05) is 18.2 Å². The molecule has 0 aliphatic carbocycles. The summed E-state index contributed by atoms with van der Waals surface area (Å²) >= 11 is 0. The topological polar surface area (TPSA) is 69.0 Å². The molecule has 0 amide bonds. The molecule has 0 bridgehead atoms. The maximum atomic E-state index is 12.8. The zero-order chi connectivity index (χ0) is 18.3. The van der Waals surface area contributed by atoms with Crippen molar-refractivity contribution < 1.29 is 4.74 Å². The van der Waals surface area contributed by atoms with E-state index in [-0.39, 0.29) is 16.9 Å². The molecule has 0 spiro atoms. The van der Waals surface area contributed by atoms with E-state index in [0.717, 1.165) is 10.9 Å². The van der Waals surface area contributed by atoms with Crippen LogP contribution in [0, 0.1) is 0 Å². The SMILES string of the molecule is Cn1ccc(-c2cn(C)c(=O)c3[nH]ccc23)c(Oc2ccccc2)c1=O. The molecule has 3 heterocycles. The summed E-state index contributed by atoms with van der Waals surface area (Å²) in [5.41, 5.74) is 1.52. The summed E-state index contributed by atoms with van der Waals surface area (Å²) < 4.78 is 8.91. The fourth-order valence-corrected chi connectivity index (χ4v) is 3.01. The van der Waals surface area contributed by atoms with Crippen molar-refractivity contribution in [2.45, 2.75) is 0 Å². The van der Waals surface area contributed by atoms with Gasteiger partial charge in [0.2, 0.25) is 0 Å². The molecule has 4 rings (SSSR count). The molecule has 1 N–H and O–H groups in total. The highest BCUT2D eigenvalue weighted by Gasteiger charge is 2.17. The van der Waals surface area contributed by atoms with Crippen molar-refractivity contribution in [3.8, 4) is 22.6 Å². The molecule has 3 aromatic heterocycles. The van der Waals surface area contributed by atoms with E-state index in [2.05, 4.69) is 4.98 Å². The fraction of sp³-hybridized carbons (Fsp3) is 0.100. The highest BCUT2D eigenvalue weighted by atomic mass is 16.5. The molecule has 26 heavy (non-hydrogen) atoms. The molecule has 0 fully saturated rings. The zero-order valence-corrected chi connectivity index (χ0v) is 14.4. The first-order chi connectivity index (χ1) is 12.6. The molecule has 0 aliphatic heterocycles. The summed E-state index contributed by atoms with van der Waals surface area (Å²) in [5.74, 6) is 0.800. The lowest BCUT2D eigenvalue weighted by Gasteiger charge is -2.14. The van der Waals surface area contributed by atoms with Crippen LogP contribution in [0.15, 0.2) is 70.6 Å². The Hall–Kier alpha value is -3.54. The number of rotatable bonds is 3. The Kier molecular flexibility index (Phi) is 3.73. The molecule has 4 aromatic rings. The van der Waals surface area contributed by atoms with Crippen LogP contribution in [0.5, 0.6) is 11.5 Å². The monoisotopic (exact) mass is 347 g/mol. The maximum absolute atomic E-state index is 12.8. The standard InChI is InChI=1S/C20H17N3O3/c1-22-11-9-15(18(20(22)25)26-13-6-4-3-5-7-13)16-12-23(2)19(24)17-14(16)8-10-21-17/h3-12,21H,1-2H3. The average molecular weight is 347 g/mol. The van der Waals surface area contributed by atoms with Crippen molar-refractivity contribution in [3.63, 3.8) is 0 Å². The minimum Gasteiger partial charge on any atom is -0.451 e. The van der Waals surface area contributed by atoms with E-state index in [1.807, 2.05) is 30.3 Å². The highest BCUT2D eigenvalue weighted by molar-refractivity contribution is 5.95. The molecule has 6 heteroatoms. The van der Waals surface area contributed by atoms with E-state index < -0.39 is 0 Å². The number of pyridine rings is 2. The number of nitrogens with one attached hydrogen (secondary N) is 1. The molecule has 0 saturated heterocycles. The number of H-pyrrole nitrogens is 1. The first-order valence-electron chi connectivity index (χ1n) is 8.16. The summed E-state index contributed by atoms with van der Waals surface area (Å²) in [6, 6.07) is 12.8. The Labute approximate surface area is 148 Å². The van der Waals surface area contributed by atoms with Gasteiger partial charge >= 0.3 is 0 Å². The Morgan fingerprint density at radius 1 is 0.885 bits per heavy atom. The molecular weight excluding hydrogens is 330 g/mol. The van der Waals surface area contributed by atoms with Crippen molar-refractivity contribution in [2.75, 3.05) is 0 Å². The summed E-state index contributed by atoms with van der Waals surface area (Å²) in [7, 11) is 3.36. The lowest BCUT2D eigenvalue weighted by molar-refractivity contribution is 0.472. The first-order valence-corrected chi connectivity index (χ1v) is 8.16. The maximum Gasteiger partial charge on any atom is 0.293 e. The molecule has 6 nitrogen and oxygen atoms in total. The number of nitrogens with zero attached hydrogens (tertiary/aromatic N) is 2. The van der Waals surface area contributed by atoms with E-state index in [1.54, 1.807) is 44.8 Å². The van der Waals surface area contributed by atoms with E-state index in [1.165, 1.54) is 9.13 Å². The van der Waals surface area contributed by atoms with Gasteiger partial charge in [0, 0.05) is 49.2 Å². The third-order valence-electron chi connectivity index (χ3n) is 4.37. The van der Waals surface area contributed by atoms with E-state index in [9.17, 15) is 9.59 Å². The van der Waals surface area contributed by atoms with Gasteiger partial charge in [0.1, 0.15) is 11.3 Å². The summed E-state index contributed by atoms with van der Waals surface area (Å²) in [6.07, 6.45) is 5.14. The largest absolute Gasteiger partial charge is 0.451 e. The van der Waals surface area contributed by atoms with Gasteiger partial charge in [-0.2, -0.15) is 0 Å². The predicted molar refractivity (Wildman–Crippen MR) is 101 cm³/mol. The normalized spacial score (nSPS) is 11.0. The van der Waals surface area contributed by atoms with Crippen LogP contribution in [0.1, 0.15) is 0 Å². The highest BCUT2D eigenvalue weighted by Crippen LogP contribution is 2.33. The van der Waals surface area contributed by atoms with Crippen molar-refractivity contribution in [1.29, 1.82) is 0 Å². The Balaban J connectivity index is 2.00. The van der Waals surface area contributed by atoms with Gasteiger partial charge in [0.25, 0.3) is 11.1 Å². The minimum atomic E-state index is -0.246. The van der Waals surface area contributed by atoms with Crippen LogP contribution in [0.3, 0.4) is 0 Å². The third kappa shape index (κ3) is 2.52. The molecule has 0 aliphatic rings. The second kappa shape index (κ2) is 6.07. The molecule has 0 atom stereocenters. The number of aryl methyl sites for hydroxylation is 2. The van der Waals surface area contributed by atoms with Gasteiger partial charge in [-0.15, -0.1) is 0 Å². The molecular formula is C20H17N3O3. The summed E-state index contributed by atoms with van der Waals surface area (Å²) in [4.78, 5) is 28.0. The molecule has 0 unspecified atom stereocenters. The van der Waals surface area contributed by atoms with Gasteiger partial charge in [-0.25, -0.2) is 0 Å². The molecule has 1 aromatic carbocycles. The van der Waals surface area contributed by atoms with Crippen LogP contribution in [0.4, 0.5) is 0 Å². The molecule has 130 valence electrons. The van der Waals surface area contributed by atoms with Gasteiger partial charge in [-0.05, 0) is 24.3 Å². The number of fused-ring (bicyclic) bond motifs is 1. The fourth-order valence-electron chi connectivity index (χ4n) is 3.01. The van der Waals surface area contributed by atoms with Crippen molar-refractivity contribution in [2.24, 2.45) is 14.1 Å². The van der Waals surface area contributed by atoms with Gasteiger partial charge < -0.3 is 18.9 Å². The average Bonchev–Trinajstić information content (AvgIpc) is 3.14. The number of hydrogen-bond donors (Lipinski definition) is 1. The van der Waals surface area contributed by atoms with E-state index in [0.29, 0.717) is 16.8 Å². The van der Waals surface area contributed by atoms with Crippen LogP contribution in [-0.4, -0.2) is 14.1 Å². The Bertz CT molecular complexity index is 1220. The predicted octanol–water partition coefficient (Wildman–Crippen LogP) is 3.02. The zero-order valence-electron chi connectivity index (χ0n) is 14.4. The number of aromatic nitrogens is 3. The lowest BCUT2D eigenvalue weighted by atomic mass is 10.0. The Morgan fingerprint density at radius 2 is 1.65 bits per heavy atom. The second-order valence-corrected chi connectivity index (χ2v) is 6.11. The molecule has 0 saturated carbocycles. The minimum absolute atomic E-state index is 0.122. The Morgan fingerprint density at radius 3 is 2.42 bits per heavy atom. The smallest absolute Gasteiger partial charge is 0.293 e. The van der Waals surface area contributed by atoms with Crippen LogP contribution in [0.2, 0.25) is 0 Å².